The summed E-state index contributed by atoms with van der Waals surface area (Å²) in [6.07, 6.45) is 0. The van der Waals surface area contributed by atoms with E-state index in [1.165, 1.54) is 76.8 Å². The average molecular weight is 700 g/mol. The highest BCUT2D eigenvalue weighted by molar-refractivity contribution is 6.14. The van der Waals surface area contributed by atoms with Gasteiger partial charge in [0.05, 0.1) is 5.69 Å². The highest BCUT2D eigenvalue weighted by atomic mass is 15.1. The van der Waals surface area contributed by atoms with E-state index in [-0.39, 0.29) is 0 Å². The number of fused-ring (bicyclic) bond motifs is 4. The van der Waals surface area contributed by atoms with E-state index >= 15 is 0 Å². The molecule has 0 radical (unpaired) electrons. The smallest absolute Gasteiger partial charge is 0.0546 e. The van der Waals surface area contributed by atoms with Gasteiger partial charge in [0.1, 0.15) is 0 Å². The van der Waals surface area contributed by atoms with Crippen LogP contribution in [-0.2, 0) is 0 Å². The van der Waals surface area contributed by atoms with Gasteiger partial charge in [-0.15, -0.1) is 0 Å². The van der Waals surface area contributed by atoms with Gasteiger partial charge < -0.3 is 4.90 Å². The van der Waals surface area contributed by atoms with E-state index in [4.69, 9.17) is 0 Å². The lowest BCUT2D eigenvalue weighted by Crippen LogP contribution is -2.11. The highest BCUT2D eigenvalue weighted by Gasteiger charge is 2.20. The molecule has 258 valence electrons. The number of anilines is 3. The van der Waals surface area contributed by atoms with Crippen LogP contribution in [0.5, 0.6) is 0 Å². The fourth-order valence-corrected chi connectivity index (χ4v) is 8.19. The Labute approximate surface area is 322 Å². The summed E-state index contributed by atoms with van der Waals surface area (Å²) in [5.74, 6) is 0. The molecule has 0 aliphatic rings. The Morgan fingerprint density at radius 1 is 0.236 bits per heavy atom. The van der Waals surface area contributed by atoms with Crippen LogP contribution in [0.25, 0.3) is 76.8 Å². The highest BCUT2D eigenvalue weighted by Crippen LogP contribution is 2.45. The van der Waals surface area contributed by atoms with Gasteiger partial charge in [0.25, 0.3) is 0 Å². The van der Waals surface area contributed by atoms with Crippen LogP contribution in [0.2, 0.25) is 0 Å². The van der Waals surface area contributed by atoms with E-state index in [2.05, 4.69) is 229 Å². The number of rotatable bonds is 7. The van der Waals surface area contributed by atoms with Crippen LogP contribution in [-0.4, -0.2) is 0 Å². The molecule has 10 aromatic carbocycles. The number of hydrogen-bond acceptors (Lipinski definition) is 1. The topological polar surface area (TPSA) is 3.24 Å². The second-order valence-corrected chi connectivity index (χ2v) is 14.1. The molecule has 0 atom stereocenters. The minimum atomic E-state index is 1.10. The van der Waals surface area contributed by atoms with Crippen LogP contribution in [0, 0.1) is 0 Å². The average Bonchev–Trinajstić information content (AvgIpc) is 3.27. The van der Waals surface area contributed by atoms with Crippen molar-refractivity contribution in [1.29, 1.82) is 0 Å². The number of nitrogens with zero attached hydrogens (tertiary/aromatic N) is 1. The van der Waals surface area contributed by atoms with Gasteiger partial charge in [0.2, 0.25) is 0 Å². The number of para-hydroxylation sites is 1. The molecule has 55 heavy (non-hydrogen) atoms. The quantitative estimate of drug-likeness (QED) is 0.150. The SMILES string of the molecule is c1ccc(-c2ccc(-c3cc4ccccc4c4ccccc34)cc2N(c2ccccc2)c2ccc(-c3cccc(-c4cccc5ccccc45)c3)cc2)cc1. The van der Waals surface area contributed by atoms with E-state index < -0.39 is 0 Å². The van der Waals surface area contributed by atoms with Crippen molar-refractivity contribution >= 4 is 49.4 Å². The molecule has 0 saturated carbocycles. The summed E-state index contributed by atoms with van der Waals surface area (Å²) in [6, 6.07) is 81.5. The predicted molar refractivity (Wildman–Crippen MR) is 235 cm³/mol. The van der Waals surface area contributed by atoms with E-state index in [0.717, 1.165) is 17.1 Å². The van der Waals surface area contributed by atoms with Crippen molar-refractivity contribution in [2.45, 2.75) is 0 Å². The molecule has 1 heteroatoms. The van der Waals surface area contributed by atoms with Gasteiger partial charge in [0.15, 0.2) is 0 Å². The predicted octanol–water partition coefficient (Wildman–Crippen LogP) is 15.3. The summed E-state index contributed by atoms with van der Waals surface area (Å²) in [5, 5.41) is 7.56. The van der Waals surface area contributed by atoms with Gasteiger partial charge in [-0.25, -0.2) is 0 Å². The molecule has 0 unspecified atom stereocenters. The van der Waals surface area contributed by atoms with Gasteiger partial charge in [0, 0.05) is 16.9 Å². The number of hydrogen-bond donors (Lipinski definition) is 0. The van der Waals surface area contributed by atoms with Crippen LogP contribution in [0.3, 0.4) is 0 Å². The van der Waals surface area contributed by atoms with Gasteiger partial charge in [-0.2, -0.15) is 0 Å². The molecule has 0 saturated heterocycles. The maximum Gasteiger partial charge on any atom is 0.0546 e. The normalized spacial score (nSPS) is 11.3. The Bertz CT molecular complexity index is 2960. The maximum absolute atomic E-state index is 2.41. The van der Waals surface area contributed by atoms with Crippen LogP contribution in [0.15, 0.2) is 224 Å². The maximum atomic E-state index is 2.41. The lowest BCUT2D eigenvalue weighted by Gasteiger charge is -2.29. The molecule has 0 N–H and O–H groups in total. The summed E-state index contributed by atoms with van der Waals surface area (Å²) in [4.78, 5) is 2.41. The van der Waals surface area contributed by atoms with Crippen molar-refractivity contribution in [3.05, 3.63) is 224 Å². The van der Waals surface area contributed by atoms with Gasteiger partial charge in [-0.1, -0.05) is 182 Å². The monoisotopic (exact) mass is 699 g/mol. The summed E-state index contributed by atoms with van der Waals surface area (Å²) in [5.41, 5.74) is 12.9. The first-order valence-corrected chi connectivity index (χ1v) is 18.9. The molecule has 0 aromatic heterocycles. The van der Waals surface area contributed by atoms with E-state index in [9.17, 15) is 0 Å². The standard InChI is InChI=1S/C54H37N/c1-3-15-40(16-4-1)50-34-31-44(53-36-43-18-8-10-25-49(43)51-26-11-12-27-52(51)53)37-54(50)55(45-22-5-2-6-23-45)46-32-29-38(30-33-46)41-20-13-21-42(35-41)48-28-14-19-39-17-7-9-24-47(39)48/h1-37H. The summed E-state index contributed by atoms with van der Waals surface area (Å²) in [7, 11) is 0. The molecule has 0 aliphatic heterocycles. The third-order valence-corrected chi connectivity index (χ3v) is 10.8. The minimum absolute atomic E-state index is 1.10. The Hall–Kier alpha value is -7.22. The van der Waals surface area contributed by atoms with E-state index in [1.54, 1.807) is 0 Å². The number of benzene rings is 10. The van der Waals surface area contributed by atoms with Crippen LogP contribution in [0.4, 0.5) is 17.1 Å². The Morgan fingerprint density at radius 2 is 0.782 bits per heavy atom. The molecule has 0 amide bonds. The molecule has 0 spiro atoms. The third kappa shape index (κ3) is 6.02. The van der Waals surface area contributed by atoms with Crippen molar-refractivity contribution in [2.24, 2.45) is 0 Å². The van der Waals surface area contributed by atoms with Crippen molar-refractivity contribution in [2.75, 3.05) is 4.90 Å². The fourth-order valence-electron chi connectivity index (χ4n) is 8.19. The Morgan fingerprint density at radius 3 is 1.58 bits per heavy atom. The molecule has 1 nitrogen and oxygen atoms in total. The minimum Gasteiger partial charge on any atom is -0.310 e. The molecule has 0 bridgehead atoms. The Kier molecular flexibility index (Phi) is 8.24. The van der Waals surface area contributed by atoms with Crippen molar-refractivity contribution in [3.8, 4) is 44.5 Å². The molecule has 0 heterocycles. The van der Waals surface area contributed by atoms with Crippen LogP contribution >= 0.6 is 0 Å². The fraction of sp³-hybridized carbons (Fsp3) is 0. The molecule has 10 rings (SSSR count). The Balaban J connectivity index is 1.12. The third-order valence-electron chi connectivity index (χ3n) is 10.8. The van der Waals surface area contributed by atoms with Crippen LogP contribution in [0.1, 0.15) is 0 Å². The van der Waals surface area contributed by atoms with Crippen LogP contribution < -0.4 is 4.90 Å². The molecular formula is C54H37N. The first-order valence-electron chi connectivity index (χ1n) is 18.9. The lowest BCUT2D eigenvalue weighted by molar-refractivity contribution is 1.28. The molecule has 0 fully saturated rings. The van der Waals surface area contributed by atoms with Crippen molar-refractivity contribution in [1.82, 2.24) is 0 Å². The summed E-state index contributed by atoms with van der Waals surface area (Å²) >= 11 is 0. The van der Waals surface area contributed by atoms with Crippen molar-refractivity contribution in [3.63, 3.8) is 0 Å². The summed E-state index contributed by atoms with van der Waals surface area (Å²) in [6.45, 7) is 0. The van der Waals surface area contributed by atoms with Gasteiger partial charge in [-0.3, -0.25) is 0 Å². The second kappa shape index (κ2) is 14.0. The zero-order valence-corrected chi connectivity index (χ0v) is 30.3. The molecular weight excluding hydrogens is 663 g/mol. The first-order chi connectivity index (χ1) is 27.3. The molecule has 0 aliphatic carbocycles. The molecule has 10 aromatic rings. The second-order valence-electron chi connectivity index (χ2n) is 14.1. The summed E-state index contributed by atoms with van der Waals surface area (Å²) < 4.78 is 0. The largest absolute Gasteiger partial charge is 0.310 e. The van der Waals surface area contributed by atoms with Gasteiger partial charge in [-0.05, 0) is 114 Å². The zero-order valence-electron chi connectivity index (χ0n) is 30.3. The zero-order chi connectivity index (χ0) is 36.6. The first kappa shape index (κ1) is 32.4. The van der Waals surface area contributed by atoms with E-state index in [0.29, 0.717) is 0 Å². The lowest BCUT2D eigenvalue weighted by atomic mass is 9.91. The van der Waals surface area contributed by atoms with E-state index in [1.807, 2.05) is 0 Å². The van der Waals surface area contributed by atoms with Gasteiger partial charge >= 0.3 is 0 Å². The van der Waals surface area contributed by atoms with Crippen molar-refractivity contribution < 1.29 is 0 Å².